The van der Waals surface area contributed by atoms with E-state index in [-0.39, 0.29) is 5.17 Å². The summed E-state index contributed by atoms with van der Waals surface area (Å²) in [5.74, 6) is 0.376. The first kappa shape index (κ1) is 25.0. The number of hydrogen-bond acceptors (Lipinski definition) is 3. The Labute approximate surface area is 210 Å². The van der Waals surface area contributed by atoms with Gasteiger partial charge in [0, 0.05) is 16.9 Å². The summed E-state index contributed by atoms with van der Waals surface area (Å²) < 4.78 is 39.7. The highest BCUT2D eigenvalue weighted by atomic mass is 32.1. The molecule has 4 rings (SSSR count). The zero-order valence-corrected chi connectivity index (χ0v) is 20.1. The van der Waals surface area contributed by atoms with E-state index >= 15 is 0 Å². The molecule has 36 heavy (non-hydrogen) atoms. The number of thiol groups is 1. The third-order valence-electron chi connectivity index (χ3n) is 5.27. The van der Waals surface area contributed by atoms with Crippen molar-refractivity contribution in [2.45, 2.75) is 20.0 Å². The Morgan fingerprint density at radius 3 is 2.19 bits per heavy atom. The number of aliphatic imine (C=N–C) groups is 1. The van der Waals surface area contributed by atoms with Gasteiger partial charge in [-0.15, -0.1) is 17.7 Å². The summed E-state index contributed by atoms with van der Waals surface area (Å²) in [7, 11) is 0. The highest BCUT2D eigenvalue weighted by Gasteiger charge is 2.30. The molecule has 0 saturated heterocycles. The Kier molecular flexibility index (Phi) is 7.11. The quantitative estimate of drug-likeness (QED) is 0.166. The fourth-order valence-corrected chi connectivity index (χ4v) is 3.63. The van der Waals surface area contributed by atoms with Gasteiger partial charge in [-0.25, -0.2) is 14.5 Å². The molecule has 0 unspecified atom stereocenters. The summed E-state index contributed by atoms with van der Waals surface area (Å²) in [6.45, 7) is 3.89. The van der Waals surface area contributed by atoms with Crippen LogP contribution in [0.3, 0.4) is 0 Å². The normalized spacial score (nSPS) is 11.9. The van der Waals surface area contributed by atoms with E-state index < -0.39 is 17.8 Å². The topological polar surface area (TPSA) is 84.2 Å². The van der Waals surface area contributed by atoms with Crippen molar-refractivity contribution in [3.63, 3.8) is 0 Å². The van der Waals surface area contributed by atoms with Crippen molar-refractivity contribution in [1.29, 1.82) is 0 Å². The summed E-state index contributed by atoms with van der Waals surface area (Å²) in [6, 6.07) is 16.6. The van der Waals surface area contributed by atoms with Crippen LogP contribution in [-0.4, -0.2) is 26.0 Å². The van der Waals surface area contributed by atoms with E-state index in [0.29, 0.717) is 22.8 Å². The van der Waals surface area contributed by atoms with Crippen molar-refractivity contribution in [3.8, 4) is 17.1 Å². The van der Waals surface area contributed by atoms with Gasteiger partial charge in [0.05, 0.1) is 11.3 Å². The number of nitrogens with one attached hydrogen (secondary N) is 2. The van der Waals surface area contributed by atoms with Crippen molar-refractivity contribution < 1.29 is 18.0 Å². The second kappa shape index (κ2) is 10.2. The molecule has 1 heterocycles. The maximum absolute atomic E-state index is 12.8. The van der Waals surface area contributed by atoms with Crippen LogP contribution in [0.5, 0.6) is 0 Å². The first-order valence-electron chi connectivity index (χ1n) is 10.7. The van der Waals surface area contributed by atoms with E-state index in [1.807, 2.05) is 32.0 Å². The zero-order chi connectivity index (χ0) is 25.9. The Balaban J connectivity index is 1.40. The number of aromatic nitrogens is 3. The summed E-state index contributed by atoms with van der Waals surface area (Å²) in [4.78, 5) is 20.4. The Morgan fingerprint density at radius 1 is 0.944 bits per heavy atom. The number of nitrogens with zero attached hydrogens (tertiary/aromatic N) is 4. The van der Waals surface area contributed by atoms with Crippen LogP contribution in [0.25, 0.3) is 17.1 Å². The monoisotopic (exact) mass is 510 g/mol. The average Bonchev–Trinajstić information content (AvgIpc) is 3.32. The molecule has 11 heteroatoms. The second-order valence-electron chi connectivity index (χ2n) is 7.89. The van der Waals surface area contributed by atoms with Crippen molar-refractivity contribution in [1.82, 2.24) is 14.8 Å². The van der Waals surface area contributed by atoms with Gasteiger partial charge in [-0.1, -0.05) is 18.2 Å². The molecular weight excluding hydrogens is 489 g/mol. The number of carbonyl (C=O) groups excluding carboxylic acids is 1. The standard InChI is InChI=1S/C25H21F3N6OS/c1-15-4-3-5-16(2)21(15)31-24(36)32-23(35)30-19-10-6-17(7-11-19)22-29-14-34(33-22)20-12-8-18(9-13-20)25(26,27)28/h3-14H,1-2H3,(H3,30,31,32,35,36). The fourth-order valence-electron chi connectivity index (χ4n) is 3.42. The lowest BCUT2D eigenvalue weighted by molar-refractivity contribution is -0.137. The van der Waals surface area contributed by atoms with E-state index in [4.69, 9.17) is 0 Å². The molecule has 3 aromatic carbocycles. The predicted octanol–water partition coefficient (Wildman–Crippen LogP) is 6.50. The zero-order valence-electron chi connectivity index (χ0n) is 19.2. The lowest BCUT2D eigenvalue weighted by Crippen LogP contribution is -2.13. The Morgan fingerprint density at radius 2 is 1.58 bits per heavy atom. The number of anilines is 2. The van der Waals surface area contributed by atoms with Crippen LogP contribution >= 0.6 is 12.6 Å². The number of hydrogen-bond donors (Lipinski definition) is 3. The van der Waals surface area contributed by atoms with Crippen LogP contribution in [0.15, 0.2) is 78.0 Å². The van der Waals surface area contributed by atoms with Crippen LogP contribution in [0.2, 0.25) is 0 Å². The molecule has 0 aliphatic rings. The van der Waals surface area contributed by atoms with Gasteiger partial charge in [0.2, 0.25) is 0 Å². The van der Waals surface area contributed by atoms with E-state index in [0.717, 1.165) is 28.9 Å². The molecule has 4 aromatic rings. The highest BCUT2D eigenvalue weighted by Crippen LogP contribution is 2.29. The summed E-state index contributed by atoms with van der Waals surface area (Å²) in [5, 5.41) is 10.2. The van der Waals surface area contributed by atoms with E-state index in [2.05, 4.69) is 38.3 Å². The summed E-state index contributed by atoms with van der Waals surface area (Å²) in [6.07, 6.45) is -2.99. The fraction of sp³-hybridized carbons (Fsp3) is 0.120. The molecule has 0 saturated carbocycles. The maximum Gasteiger partial charge on any atom is 0.416 e. The van der Waals surface area contributed by atoms with E-state index in [1.54, 1.807) is 24.3 Å². The Hall–Kier alpha value is -4.12. The molecule has 1 aromatic heterocycles. The number of alkyl halides is 3. The van der Waals surface area contributed by atoms with Gasteiger partial charge >= 0.3 is 12.2 Å². The number of aryl methyl sites for hydroxylation is 2. The van der Waals surface area contributed by atoms with Crippen molar-refractivity contribution >= 4 is 35.2 Å². The predicted molar refractivity (Wildman–Crippen MR) is 137 cm³/mol. The molecule has 0 atom stereocenters. The van der Waals surface area contributed by atoms with Crippen LogP contribution < -0.4 is 10.6 Å². The highest BCUT2D eigenvalue weighted by molar-refractivity contribution is 7.97. The Bertz CT molecular complexity index is 1390. The minimum atomic E-state index is -4.40. The lowest BCUT2D eigenvalue weighted by Gasteiger charge is -2.11. The van der Waals surface area contributed by atoms with Crippen LogP contribution in [0.4, 0.5) is 29.3 Å². The lowest BCUT2D eigenvalue weighted by atomic mass is 10.1. The first-order chi connectivity index (χ1) is 17.1. The third kappa shape index (κ3) is 5.92. The molecule has 2 amide bonds. The number of amidine groups is 1. The molecule has 0 aliphatic carbocycles. The molecular formula is C25H21F3N6OS. The van der Waals surface area contributed by atoms with Crippen LogP contribution in [-0.2, 0) is 6.18 Å². The molecule has 2 N–H and O–H groups in total. The third-order valence-corrected chi connectivity index (χ3v) is 5.48. The molecule has 0 bridgehead atoms. The van der Waals surface area contributed by atoms with Gasteiger partial charge in [0.25, 0.3) is 0 Å². The molecule has 0 spiro atoms. The first-order valence-corrected chi connectivity index (χ1v) is 11.2. The number of urea groups is 1. The smallest absolute Gasteiger partial charge is 0.334 e. The van der Waals surface area contributed by atoms with Crippen LogP contribution in [0.1, 0.15) is 16.7 Å². The average molecular weight is 511 g/mol. The maximum atomic E-state index is 12.8. The SMILES string of the molecule is Cc1cccc(C)c1N/C(S)=N/C(=O)Nc1ccc(-c2ncn(-c3ccc(C(F)(F)F)cc3)n2)cc1. The number of halogens is 3. The van der Waals surface area contributed by atoms with Gasteiger partial charge < -0.3 is 10.6 Å². The van der Waals surface area contributed by atoms with Gasteiger partial charge in [0.15, 0.2) is 11.0 Å². The number of carbonyl (C=O) groups is 1. The van der Waals surface area contributed by atoms with E-state index in [1.165, 1.54) is 23.1 Å². The molecule has 184 valence electrons. The largest absolute Gasteiger partial charge is 0.416 e. The summed E-state index contributed by atoms with van der Waals surface area (Å²) in [5.41, 5.74) is 3.72. The minimum absolute atomic E-state index is 0.152. The number of benzene rings is 3. The van der Waals surface area contributed by atoms with Crippen molar-refractivity contribution in [3.05, 3.63) is 89.7 Å². The van der Waals surface area contributed by atoms with Crippen molar-refractivity contribution in [2.75, 3.05) is 10.6 Å². The molecule has 0 aliphatic heterocycles. The molecule has 7 nitrogen and oxygen atoms in total. The molecule has 0 radical (unpaired) electrons. The second-order valence-corrected chi connectivity index (χ2v) is 8.32. The van der Waals surface area contributed by atoms with Gasteiger partial charge in [0.1, 0.15) is 6.33 Å². The molecule has 0 fully saturated rings. The number of para-hydroxylation sites is 1. The van der Waals surface area contributed by atoms with E-state index in [9.17, 15) is 18.0 Å². The van der Waals surface area contributed by atoms with Gasteiger partial charge in [-0.2, -0.15) is 18.2 Å². The minimum Gasteiger partial charge on any atom is -0.334 e. The van der Waals surface area contributed by atoms with Crippen molar-refractivity contribution in [2.24, 2.45) is 4.99 Å². The van der Waals surface area contributed by atoms with Crippen LogP contribution in [0, 0.1) is 13.8 Å². The van der Waals surface area contributed by atoms with Gasteiger partial charge in [-0.05, 0) is 73.5 Å². The summed E-state index contributed by atoms with van der Waals surface area (Å²) >= 11 is 4.26. The number of rotatable bonds is 4. The van der Waals surface area contributed by atoms with Gasteiger partial charge in [-0.3, -0.25) is 0 Å². The number of amides is 2.